The highest BCUT2D eigenvalue weighted by Crippen LogP contribution is 2.22. The molecule has 0 atom stereocenters. The molecule has 4 heteroatoms. The highest BCUT2D eigenvalue weighted by atomic mass is 79.9. The van der Waals surface area contributed by atoms with Crippen LogP contribution in [0.3, 0.4) is 0 Å². The van der Waals surface area contributed by atoms with Gasteiger partial charge in [-0.05, 0) is 28.4 Å². The zero-order chi connectivity index (χ0) is 12.3. The summed E-state index contributed by atoms with van der Waals surface area (Å²) in [7, 11) is 2.02. The zero-order valence-corrected chi connectivity index (χ0v) is 11.5. The van der Waals surface area contributed by atoms with E-state index in [9.17, 15) is 0 Å². The van der Waals surface area contributed by atoms with Crippen molar-refractivity contribution in [2.45, 2.75) is 13.5 Å². The van der Waals surface area contributed by atoms with Crippen LogP contribution in [-0.4, -0.2) is 17.0 Å². The summed E-state index contributed by atoms with van der Waals surface area (Å²) in [6.45, 7) is 2.92. The molecule has 2 aromatic rings. The molecule has 1 aromatic heterocycles. The van der Waals surface area contributed by atoms with Gasteiger partial charge in [-0.25, -0.2) is 9.97 Å². The third kappa shape index (κ3) is 3.03. The van der Waals surface area contributed by atoms with Gasteiger partial charge in [0.05, 0.1) is 4.47 Å². The maximum atomic E-state index is 4.26. The Kier molecular flexibility index (Phi) is 3.74. The molecule has 1 heterocycles. The van der Waals surface area contributed by atoms with Crippen LogP contribution in [0.15, 0.2) is 41.3 Å². The SMILES string of the molecule is Cc1ccc(CN(C)c2ncncc2Br)cc1. The topological polar surface area (TPSA) is 29.0 Å². The van der Waals surface area contributed by atoms with Crippen molar-refractivity contribution in [1.82, 2.24) is 9.97 Å². The third-order valence-electron chi connectivity index (χ3n) is 2.55. The number of halogens is 1. The van der Waals surface area contributed by atoms with Crippen LogP contribution in [0.5, 0.6) is 0 Å². The lowest BCUT2D eigenvalue weighted by Crippen LogP contribution is -2.18. The van der Waals surface area contributed by atoms with E-state index in [2.05, 4.69) is 62.0 Å². The van der Waals surface area contributed by atoms with Crippen molar-refractivity contribution in [3.05, 3.63) is 52.4 Å². The minimum atomic E-state index is 0.829. The van der Waals surface area contributed by atoms with Crippen LogP contribution in [0.25, 0.3) is 0 Å². The Morgan fingerprint density at radius 1 is 1.24 bits per heavy atom. The molecule has 0 aliphatic heterocycles. The average molecular weight is 292 g/mol. The molecule has 3 nitrogen and oxygen atoms in total. The molecule has 0 N–H and O–H groups in total. The fourth-order valence-electron chi connectivity index (χ4n) is 1.63. The highest BCUT2D eigenvalue weighted by Gasteiger charge is 2.07. The molecule has 0 fully saturated rings. The summed E-state index contributed by atoms with van der Waals surface area (Å²) in [6.07, 6.45) is 3.32. The van der Waals surface area contributed by atoms with E-state index in [1.807, 2.05) is 7.05 Å². The molecule has 0 amide bonds. The van der Waals surface area contributed by atoms with Crippen LogP contribution in [0, 0.1) is 6.92 Å². The largest absolute Gasteiger partial charge is 0.354 e. The van der Waals surface area contributed by atoms with E-state index in [0.29, 0.717) is 0 Å². The molecule has 0 unspecified atom stereocenters. The predicted octanol–water partition coefficient (Wildman–Crippen LogP) is 3.18. The molecule has 2 rings (SSSR count). The number of benzene rings is 1. The van der Waals surface area contributed by atoms with Crippen molar-refractivity contribution >= 4 is 21.7 Å². The highest BCUT2D eigenvalue weighted by molar-refractivity contribution is 9.10. The first kappa shape index (κ1) is 12.0. The molecule has 0 aliphatic carbocycles. The second-order valence-electron chi connectivity index (χ2n) is 4.04. The quantitative estimate of drug-likeness (QED) is 0.870. The summed E-state index contributed by atoms with van der Waals surface area (Å²) < 4.78 is 0.912. The Morgan fingerprint density at radius 3 is 2.59 bits per heavy atom. The smallest absolute Gasteiger partial charge is 0.146 e. The third-order valence-corrected chi connectivity index (χ3v) is 3.11. The van der Waals surface area contributed by atoms with E-state index in [0.717, 1.165) is 16.8 Å². The van der Waals surface area contributed by atoms with Gasteiger partial charge >= 0.3 is 0 Å². The second kappa shape index (κ2) is 5.27. The van der Waals surface area contributed by atoms with Gasteiger partial charge in [0.15, 0.2) is 0 Å². The normalized spacial score (nSPS) is 10.3. The number of nitrogens with zero attached hydrogens (tertiary/aromatic N) is 3. The fourth-order valence-corrected chi connectivity index (χ4v) is 2.15. The Morgan fingerprint density at radius 2 is 1.94 bits per heavy atom. The van der Waals surface area contributed by atoms with E-state index in [4.69, 9.17) is 0 Å². The van der Waals surface area contributed by atoms with Gasteiger partial charge in [0.1, 0.15) is 12.1 Å². The number of anilines is 1. The number of aryl methyl sites for hydroxylation is 1. The first-order valence-corrected chi connectivity index (χ1v) is 6.18. The van der Waals surface area contributed by atoms with Gasteiger partial charge in [-0.1, -0.05) is 29.8 Å². The molecule has 0 saturated carbocycles. The Hall–Kier alpha value is -1.42. The summed E-state index contributed by atoms with van der Waals surface area (Å²) in [4.78, 5) is 10.3. The van der Waals surface area contributed by atoms with Crippen molar-refractivity contribution in [1.29, 1.82) is 0 Å². The van der Waals surface area contributed by atoms with Crippen LogP contribution in [0.4, 0.5) is 5.82 Å². The molecule has 0 spiro atoms. The van der Waals surface area contributed by atoms with Crippen molar-refractivity contribution in [2.75, 3.05) is 11.9 Å². The monoisotopic (exact) mass is 291 g/mol. The van der Waals surface area contributed by atoms with Gasteiger partial charge in [-0.15, -0.1) is 0 Å². The Labute approximate surface area is 110 Å². The number of aromatic nitrogens is 2. The van der Waals surface area contributed by atoms with Gasteiger partial charge < -0.3 is 4.90 Å². The molecule has 0 bridgehead atoms. The summed E-state index contributed by atoms with van der Waals surface area (Å²) in [5.41, 5.74) is 2.54. The maximum Gasteiger partial charge on any atom is 0.146 e. The van der Waals surface area contributed by atoms with Crippen LogP contribution in [0.1, 0.15) is 11.1 Å². The Bertz CT molecular complexity index is 496. The van der Waals surface area contributed by atoms with Gasteiger partial charge in [-0.2, -0.15) is 0 Å². The molecule has 1 aromatic carbocycles. The number of hydrogen-bond acceptors (Lipinski definition) is 3. The van der Waals surface area contributed by atoms with Crippen molar-refractivity contribution in [3.8, 4) is 0 Å². The van der Waals surface area contributed by atoms with Gasteiger partial charge in [0.2, 0.25) is 0 Å². The summed E-state index contributed by atoms with van der Waals surface area (Å²) in [6, 6.07) is 8.53. The van der Waals surface area contributed by atoms with E-state index in [1.54, 1.807) is 12.5 Å². The summed E-state index contributed by atoms with van der Waals surface area (Å²) in [5.74, 6) is 0.903. The number of rotatable bonds is 3. The average Bonchev–Trinajstić information content (AvgIpc) is 2.32. The molecule has 88 valence electrons. The van der Waals surface area contributed by atoms with Crippen LogP contribution >= 0.6 is 15.9 Å². The lowest BCUT2D eigenvalue weighted by molar-refractivity contribution is 0.885. The lowest BCUT2D eigenvalue weighted by atomic mass is 10.1. The fraction of sp³-hybridized carbons (Fsp3) is 0.231. The van der Waals surface area contributed by atoms with Crippen LogP contribution in [0.2, 0.25) is 0 Å². The molecule has 0 radical (unpaired) electrons. The van der Waals surface area contributed by atoms with Crippen LogP contribution in [-0.2, 0) is 6.54 Å². The predicted molar refractivity (Wildman–Crippen MR) is 73.0 cm³/mol. The minimum absolute atomic E-state index is 0.829. The zero-order valence-electron chi connectivity index (χ0n) is 9.89. The molecule has 0 saturated heterocycles. The summed E-state index contributed by atoms with van der Waals surface area (Å²) in [5, 5.41) is 0. The minimum Gasteiger partial charge on any atom is -0.354 e. The second-order valence-corrected chi connectivity index (χ2v) is 4.89. The first-order valence-electron chi connectivity index (χ1n) is 5.39. The molecular formula is C13H14BrN3. The van der Waals surface area contributed by atoms with Crippen LogP contribution < -0.4 is 4.90 Å². The molecular weight excluding hydrogens is 278 g/mol. The van der Waals surface area contributed by atoms with Gasteiger partial charge in [0, 0.05) is 19.8 Å². The first-order chi connectivity index (χ1) is 8.16. The van der Waals surface area contributed by atoms with E-state index >= 15 is 0 Å². The van der Waals surface area contributed by atoms with Gasteiger partial charge in [0.25, 0.3) is 0 Å². The maximum absolute atomic E-state index is 4.26. The standard InChI is InChI=1S/C13H14BrN3/c1-10-3-5-11(6-4-10)8-17(2)13-12(14)7-15-9-16-13/h3-7,9H,8H2,1-2H3. The van der Waals surface area contributed by atoms with Crippen molar-refractivity contribution in [2.24, 2.45) is 0 Å². The van der Waals surface area contributed by atoms with Gasteiger partial charge in [-0.3, -0.25) is 0 Å². The van der Waals surface area contributed by atoms with E-state index in [1.165, 1.54) is 11.1 Å². The van der Waals surface area contributed by atoms with Crippen molar-refractivity contribution in [3.63, 3.8) is 0 Å². The van der Waals surface area contributed by atoms with E-state index < -0.39 is 0 Å². The van der Waals surface area contributed by atoms with E-state index in [-0.39, 0.29) is 0 Å². The van der Waals surface area contributed by atoms with Crippen molar-refractivity contribution < 1.29 is 0 Å². The molecule has 0 aliphatic rings. The number of hydrogen-bond donors (Lipinski definition) is 0. The lowest BCUT2D eigenvalue weighted by Gasteiger charge is -2.19. The molecule has 17 heavy (non-hydrogen) atoms. The Balaban J connectivity index is 2.14. The summed E-state index contributed by atoms with van der Waals surface area (Å²) >= 11 is 3.46.